The van der Waals surface area contributed by atoms with E-state index in [1.807, 2.05) is 19.1 Å². The lowest BCUT2D eigenvalue weighted by atomic mass is 9.89. The number of hydrogen-bond donors (Lipinski definition) is 0. The van der Waals surface area contributed by atoms with Crippen LogP contribution in [-0.4, -0.2) is 17.3 Å². The van der Waals surface area contributed by atoms with Crippen LogP contribution >= 0.6 is 11.6 Å². The first-order valence-corrected chi connectivity index (χ1v) is 4.74. The summed E-state index contributed by atoms with van der Waals surface area (Å²) in [4.78, 5) is 11.1. The lowest BCUT2D eigenvalue weighted by Gasteiger charge is -2.27. The minimum Gasteiger partial charge on any atom is -0.493 e. The molecular weight excluding hydrogens is 188 g/mol. The molecule has 0 saturated heterocycles. The van der Waals surface area contributed by atoms with Crippen molar-refractivity contribution in [3.8, 4) is 0 Å². The average Bonchev–Trinajstić information content (AvgIpc) is 2.06. The van der Waals surface area contributed by atoms with Gasteiger partial charge in [-0.25, -0.2) is 0 Å². The SMILES string of the molecule is CC1(Cl)C=CC2=C(C1)C(=O)CCO2. The molecule has 13 heavy (non-hydrogen) atoms. The second-order valence-electron chi connectivity index (χ2n) is 3.65. The van der Waals surface area contributed by atoms with Gasteiger partial charge in [0.05, 0.1) is 11.5 Å². The molecule has 2 aliphatic rings. The number of Topliss-reactive ketones (excluding diaryl/α,β-unsaturated/α-hetero) is 1. The largest absolute Gasteiger partial charge is 0.493 e. The van der Waals surface area contributed by atoms with E-state index in [0.717, 1.165) is 11.3 Å². The van der Waals surface area contributed by atoms with E-state index in [-0.39, 0.29) is 5.78 Å². The molecule has 1 aliphatic heterocycles. The molecule has 1 aliphatic carbocycles. The fourth-order valence-electron chi connectivity index (χ4n) is 1.62. The summed E-state index contributed by atoms with van der Waals surface area (Å²) in [6.45, 7) is 2.40. The maximum atomic E-state index is 11.5. The lowest BCUT2D eigenvalue weighted by molar-refractivity contribution is -0.117. The van der Waals surface area contributed by atoms with E-state index in [2.05, 4.69) is 0 Å². The number of allylic oxidation sites excluding steroid dienone is 3. The highest BCUT2D eigenvalue weighted by molar-refractivity contribution is 6.25. The molecule has 2 nitrogen and oxygen atoms in total. The minimum atomic E-state index is -0.421. The molecule has 0 spiro atoms. The van der Waals surface area contributed by atoms with Crippen molar-refractivity contribution in [2.45, 2.75) is 24.6 Å². The molecule has 70 valence electrons. The fraction of sp³-hybridized carbons (Fsp3) is 0.500. The summed E-state index contributed by atoms with van der Waals surface area (Å²) in [5, 5.41) is 0. The van der Waals surface area contributed by atoms with Crippen LogP contribution in [0.5, 0.6) is 0 Å². The highest BCUT2D eigenvalue weighted by atomic mass is 35.5. The van der Waals surface area contributed by atoms with Crippen molar-refractivity contribution in [2.75, 3.05) is 6.61 Å². The molecule has 0 saturated carbocycles. The summed E-state index contributed by atoms with van der Waals surface area (Å²) in [7, 11) is 0. The first kappa shape index (κ1) is 8.82. The predicted molar refractivity (Wildman–Crippen MR) is 50.6 cm³/mol. The van der Waals surface area contributed by atoms with Crippen molar-refractivity contribution < 1.29 is 9.53 Å². The van der Waals surface area contributed by atoms with Gasteiger partial charge in [-0.15, -0.1) is 11.6 Å². The maximum absolute atomic E-state index is 11.5. The third-order valence-corrected chi connectivity index (χ3v) is 2.58. The Labute approximate surface area is 82.2 Å². The zero-order chi connectivity index (χ0) is 9.47. The molecular formula is C10H11ClO2. The third kappa shape index (κ3) is 1.63. The molecule has 0 bridgehead atoms. The van der Waals surface area contributed by atoms with Crippen molar-refractivity contribution in [3.05, 3.63) is 23.5 Å². The third-order valence-electron chi connectivity index (χ3n) is 2.33. The van der Waals surface area contributed by atoms with Crippen LogP contribution in [0.15, 0.2) is 23.5 Å². The van der Waals surface area contributed by atoms with E-state index in [1.54, 1.807) is 0 Å². The topological polar surface area (TPSA) is 26.3 Å². The van der Waals surface area contributed by atoms with Crippen LogP contribution in [0.3, 0.4) is 0 Å². The van der Waals surface area contributed by atoms with E-state index in [4.69, 9.17) is 16.3 Å². The second-order valence-corrected chi connectivity index (χ2v) is 4.52. The van der Waals surface area contributed by atoms with Crippen molar-refractivity contribution >= 4 is 17.4 Å². The number of carbonyl (C=O) groups is 1. The summed E-state index contributed by atoms with van der Waals surface area (Å²) in [6.07, 6.45) is 4.76. The Kier molecular flexibility index (Phi) is 1.95. The normalized spacial score (nSPS) is 32.9. The highest BCUT2D eigenvalue weighted by Gasteiger charge is 2.31. The molecule has 0 fully saturated rings. The van der Waals surface area contributed by atoms with Crippen LogP contribution in [0.4, 0.5) is 0 Å². The van der Waals surface area contributed by atoms with Gasteiger partial charge in [0.15, 0.2) is 5.78 Å². The van der Waals surface area contributed by atoms with Gasteiger partial charge >= 0.3 is 0 Å². The van der Waals surface area contributed by atoms with Gasteiger partial charge in [-0.2, -0.15) is 0 Å². The predicted octanol–water partition coefficient (Wildman–Crippen LogP) is 2.19. The number of carbonyl (C=O) groups excluding carboxylic acids is 1. The molecule has 0 amide bonds. The summed E-state index contributed by atoms with van der Waals surface area (Å²) in [5.74, 6) is 0.895. The minimum absolute atomic E-state index is 0.178. The van der Waals surface area contributed by atoms with Crippen LogP contribution in [0, 0.1) is 0 Å². The molecule has 0 aromatic carbocycles. The van der Waals surface area contributed by atoms with Crippen molar-refractivity contribution in [1.29, 1.82) is 0 Å². The van der Waals surface area contributed by atoms with Gasteiger partial charge in [-0.05, 0) is 13.0 Å². The van der Waals surface area contributed by atoms with Crippen LogP contribution in [0.2, 0.25) is 0 Å². The Bertz CT molecular complexity index is 313. The summed E-state index contributed by atoms with van der Waals surface area (Å²) < 4.78 is 5.36. The van der Waals surface area contributed by atoms with Gasteiger partial charge in [0.1, 0.15) is 5.76 Å². The van der Waals surface area contributed by atoms with Crippen molar-refractivity contribution in [2.24, 2.45) is 0 Å². The quantitative estimate of drug-likeness (QED) is 0.558. The zero-order valence-electron chi connectivity index (χ0n) is 7.47. The van der Waals surface area contributed by atoms with Crippen LogP contribution < -0.4 is 0 Å². The summed E-state index contributed by atoms with van der Waals surface area (Å²) in [5.41, 5.74) is 0.756. The summed E-state index contributed by atoms with van der Waals surface area (Å²) >= 11 is 6.13. The Hall–Kier alpha value is -0.760. The van der Waals surface area contributed by atoms with E-state index in [9.17, 15) is 4.79 Å². The molecule has 0 radical (unpaired) electrons. The number of hydrogen-bond acceptors (Lipinski definition) is 2. The Morgan fingerprint density at radius 3 is 3.15 bits per heavy atom. The number of ketones is 1. The number of rotatable bonds is 0. The van der Waals surface area contributed by atoms with E-state index >= 15 is 0 Å². The average molecular weight is 199 g/mol. The monoisotopic (exact) mass is 198 g/mol. The van der Waals surface area contributed by atoms with E-state index in [1.165, 1.54) is 0 Å². The van der Waals surface area contributed by atoms with Crippen LogP contribution in [0.1, 0.15) is 19.8 Å². The molecule has 0 aromatic heterocycles. The van der Waals surface area contributed by atoms with Crippen molar-refractivity contribution in [1.82, 2.24) is 0 Å². The van der Waals surface area contributed by atoms with Gasteiger partial charge in [0.25, 0.3) is 0 Å². The van der Waals surface area contributed by atoms with E-state index in [0.29, 0.717) is 19.4 Å². The maximum Gasteiger partial charge on any atom is 0.166 e. The highest BCUT2D eigenvalue weighted by Crippen LogP contribution is 2.34. The second kappa shape index (κ2) is 2.88. The molecule has 1 unspecified atom stereocenters. The summed E-state index contributed by atoms with van der Waals surface area (Å²) in [6, 6.07) is 0. The van der Waals surface area contributed by atoms with Crippen LogP contribution in [-0.2, 0) is 9.53 Å². The first-order valence-electron chi connectivity index (χ1n) is 4.36. The molecule has 1 heterocycles. The molecule has 0 aromatic rings. The number of ether oxygens (including phenoxy) is 1. The van der Waals surface area contributed by atoms with Gasteiger partial charge in [0.2, 0.25) is 0 Å². The van der Waals surface area contributed by atoms with Gasteiger partial charge in [-0.1, -0.05) is 6.08 Å². The van der Waals surface area contributed by atoms with E-state index < -0.39 is 4.87 Å². The standard InChI is InChI=1S/C10H11ClO2/c1-10(11)4-2-9-7(6-10)8(12)3-5-13-9/h2,4H,3,5-6H2,1H3. The van der Waals surface area contributed by atoms with Gasteiger partial charge in [0, 0.05) is 18.4 Å². The first-order chi connectivity index (χ1) is 6.08. The number of alkyl halides is 1. The Morgan fingerprint density at radius 1 is 1.62 bits per heavy atom. The van der Waals surface area contributed by atoms with Gasteiger partial charge < -0.3 is 4.74 Å². The molecule has 2 rings (SSSR count). The molecule has 1 atom stereocenters. The Balaban J connectivity index is 2.34. The Morgan fingerprint density at radius 2 is 2.38 bits per heavy atom. The fourth-order valence-corrected chi connectivity index (χ4v) is 1.81. The zero-order valence-corrected chi connectivity index (χ0v) is 8.23. The number of halogens is 1. The lowest BCUT2D eigenvalue weighted by Crippen LogP contribution is -2.26. The smallest absolute Gasteiger partial charge is 0.166 e. The molecule has 0 N–H and O–H groups in total. The van der Waals surface area contributed by atoms with Crippen LogP contribution in [0.25, 0.3) is 0 Å². The van der Waals surface area contributed by atoms with Crippen molar-refractivity contribution in [3.63, 3.8) is 0 Å². The molecule has 3 heteroatoms. The van der Waals surface area contributed by atoms with Gasteiger partial charge in [-0.3, -0.25) is 4.79 Å².